The Bertz CT molecular complexity index is 860. The normalized spacial score (nSPS) is 18.7. The molecule has 2 heterocycles. The van der Waals surface area contributed by atoms with Crippen molar-refractivity contribution in [2.45, 2.75) is 58.1 Å². The highest BCUT2D eigenvalue weighted by Gasteiger charge is 2.35. The number of nitrogens with one attached hydrogen (secondary N) is 1. The van der Waals surface area contributed by atoms with Crippen LogP contribution in [0.15, 0.2) is 35.4 Å². The third-order valence-corrected chi connectivity index (χ3v) is 5.81. The Labute approximate surface area is 201 Å². The first kappa shape index (κ1) is 25.7. The molecule has 1 saturated heterocycles. The Morgan fingerprint density at radius 1 is 1.09 bits per heavy atom. The summed E-state index contributed by atoms with van der Waals surface area (Å²) in [5, 5.41) is 8.58. The summed E-state index contributed by atoms with van der Waals surface area (Å²) in [6, 6.07) is 9.91. The van der Waals surface area contributed by atoms with Crippen LogP contribution in [0.25, 0.3) is 0 Å². The van der Waals surface area contributed by atoms with Gasteiger partial charge in [-0.1, -0.05) is 30.3 Å². The van der Waals surface area contributed by atoms with Crippen LogP contribution in [0.3, 0.4) is 0 Å². The minimum atomic E-state index is -0.541. The summed E-state index contributed by atoms with van der Waals surface area (Å²) in [5.41, 5.74) is 0.544. The van der Waals surface area contributed by atoms with Gasteiger partial charge in [-0.3, -0.25) is 9.59 Å². The maximum Gasteiger partial charge on any atom is 0.407 e. The van der Waals surface area contributed by atoms with Gasteiger partial charge in [-0.2, -0.15) is 5.10 Å². The van der Waals surface area contributed by atoms with E-state index in [4.69, 9.17) is 9.47 Å². The fourth-order valence-corrected chi connectivity index (χ4v) is 4.10. The molecule has 0 saturated carbocycles. The summed E-state index contributed by atoms with van der Waals surface area (Å²) in [6.45, 7) is 7.43. The van der Waals surface area contributed by atoms with E-state index in [-0.39, 0.29) is 36.8 Å². The first-order chi connectivity index (χ1) is 16.2. The van der Waals surface area contributed by atoms with E-state index in [1.807, 2.05) is 30.3 Å². The lowest BCUT2D eigenvalue weighted by molar-refractivity contribution is -0.142. The Hall–Kier alpha value is -2.94. The molecule has 3 amide bonds. The SMILES string of the molecule is CC(C)(C)OC(=O)NCCOCCC(=O)N1CCC(C(=O)N2N=CCC2c2ccccc2)CC1. The number of likely N-dealkylation sites (tertiary alicyclic amines) is 1. The molecule has 0 aromatic heterocycles. The highest BCUT2D eigenvalue weighted by atomic mass is 16.6. The molecule has 1 atom stereocenters. The lowest BCUT2D eigenvalue weighted by atomic mass is 9.94. The molecule has 0 aliphatic carbocycles. The number of nitrogens with zero attached hydrogens (tertiary/aromatic N) is 3. The summed E-state index contributed by atoms with van der Waals surface area (Å²) < 4.78 is 10.6. The number of carbonyl (C=O) groups excluding carboxylic acids is 3. The third-order valence-electron chi connectivity index (χ3n) is 5.81. The zero-order valence-electron chi connectivity index (χ0n) is 20.4. The van der Waals surface area contributed by atoms with E-state index in [1.165, 1.54) is 0 Å². The van der Waals surface area contributed by atoms with Gasteiger partial charge in [-0.25, -0.2) is 9.80 Å². The summed E-state index contributed by atoms with van der Waals surface area (Å²) in [5.74, 6) is -0.0661. The van der Waals surface area contributed by atoms with Crippen molar-refractivity contribution in [1.29, 1.82) is 0 Å². The zero-order chi connectivity index (χ0) is 24.6. The smallest absolute Gasteiger partial charge is 0.407 e. The molecule has 1 aromatic rings. The number of hydrogen-bond acceptors (Lipinski definition) is 6. The molecule has 0 radical (unpaired) electrons. The van der Waals surface area contributed by atoms with Gasteiger partial charge in [0.2, 0.25) is 11.8 Å². The van der Waals surface area contributed by atoms with Crippen molar-refractivity contribution in [1.82, 2.24) is 15.2 Å². The predicted octanol–water partition coefficient (Wildman–Crippen LogP) is 3.12. The van der Waals surface area contributed by atoms with Crippen LogP contribution in [-0.4, -0.2) is 72.5 Å². The molecule has 1 aromatic carbocycles. The Morgan fingerprint density at radius 2 is 1.79 bits per heavy atom. The molecule has 2 aliphatic rings. The van der Waals surface area contributed by atoms with Crippen molar-refractivity contribution in [3.63, 3.8) is 0 Å². The largest absolute Gasteiger partial charge is 0.444 e. The maximum absolute atomic E-state index is 13.1. The number of carbonyl (C=O) groups is 3. The molecular weight excluding hydrogens is 436 g/mol. The standard InChI is InChI=1S/C25H36N4O5/c1-25(2,3)34-24(32)26-14-18-33-17-12-22(30)28-15-10-20(11-16-28)23(31)29-21(9-13-27-29)19-7-5-4-6-8-19/h4-8,13,20-21H,9-12,14-18H2,1-3H3,(H,26,32). The highest BCUT2D eigenvalue weighted by molar-refractivity contribution is 5.82. The number of benzene rings is 1. The van der Waals surface area contributed by atoms with Gasteiger partial charge in [0.1, 0.15) is 5.60 Å². The summed E-state index contributed by atoms with van der Waals surface area (Å²) in [7, 11) is 0. The second-order valence-corrected chi connectivity index (χ2v) is 9.59. The van der Waals surface area contributed by atoms with Crippen LogP contribution in [-0.2, 0) is 19.1 Å². The quantitative estimate of drug-likeness (QED) is 0.586. The molecule has 34 heavy (non-hydrogen) atoms. The molecule has 3 rings (SSSR count). The highest BCUT2D eigenvalue weighted by Crippen LogP contribution is 2.31. The summed E-state index contributed by atoms with van der Waals surface area (Å²) in [4.78, 5) is 39.0. The number of ether oxygens (including phenoxy) is 2. The number of piperidine rings is 1. The zero-order valence-corrected chi connectivity index (χ0v) is 20.4. The van der Waals surface area contributed by atoms with Crippen LogP contribution < -0.4 is 5.32 Å². The van der Waals surface area contributed by atoms with Crippen LogP contribution >= 0.6 is 0 Å². The Kier molecular flexibility index (Phi) is 9.04. The van der Waals surface area contributed by atoms with Crippen molar-refractivity contribution in [3.8, 4) is 0 Å². The molecule has 1 N–H and O–H groups in total. The van der Waals surface area contributed by atoms with Crippen molar-refractivity contribution >= 4 is 24.1 Å². The molecule has 2 aliphatic heterocycles. The molecule has 1 unspecified atom stereocenters. The fourth-order valence-electron chi connectivity index (χ4n) is 4.10. The number of rotatable bonds is 8. The molecule has 1 fully saturated rings. The monoisotopic (exact) mass is 472 g/mol. The number of amides is 3. The van der Waals surface area contributed by atoms with E-state index in [0.717, 1.165) is 12.0 Å². The van der Waals surface area contributed by atoms with Crippen molar-refractivity contribution in [3.05, 3.63) is 35.9 Å². The van der Waals surface area contributed by atoms with Crippen LogP contribution in [0, 0.1) is 5.92 Å². The minimum absolute atomic E-state index is 0.0207. The molecule has 0 spiro atoms. The maximum atomic E-state index is 13.1. The van der Waals surface area contributed by atoms with Gasteiger partial charge < -0.3 is 19.7 Å². The lowest BCUT2D eigenvalue weighted by Crippen LogP contribution is -2.43. The van der Waals surface area contributed by atoms with Crippen LogP contribution in [0.1, 0.15) is 58.1 Å². The molecule has 186 valence electrons. The van der Waals surface area contributed by atoms with Gasteiger partial charge in [0.05, 0.1) is 25.7 Å². The predicted molar refractivity (Wildman–Crippen MR) is 128 cm³/mol. The average Bonchev–Trinajstić information content (AvgIpc) is 3.30. The van der Waals surface area contributed by atoms with Gasteiger partial charge in [0.15, 0.2) is 0 Å². The first-order valence-electron chi connectivity index (χ1n) is 12.0. The van der Waals surface area contributed by atoms with Gasteiger partial charge in [0.25, 0.3) is 0 Å². The topological polar surface area (TPSA) is 101 Å². The van der Waals surface area contributed by atoms with Gasteiger partial charge in [-0.05, 0) is 39.2 Å². The van der Waals surface area contributed by atoms with E-state index in [2.05, 4.69) is 10.4 Å². The number of alkyl carbamates (subject to hydrolysis) is 1. The molecule has 0 bridgehead atoms. The van der Waals surface area contributed by atoms with Crippen molar-refractivity contribution in [2.75, 3.05) is 32.8 Å². The van der Waals surface area contributed by atoms with Crippen LogP contribution in [0.5, 0.6) is 0 Å². The lowest BCUT2D eigenvalue weighted by Gasteiger charge is -2.34. The van der Waals surface area contributed by atoms with Gasteiger partial charge in [0, 0.05) is 38.2 Å². The fraction of sp³-hybridized carbons (Fsp3) is 0.600. The van der Waals surface area contributed by atoms with Gasteiger partial charge >= 0.3 is 6.09 Å². The van der Waals surface area contributed by atoms with Crippen LogP contribution in [0.2, 0.25) is 0 Å². The van der Waals surface area contributed by atoms with Crippen molar-refractivity contribution in [2.24, 2.45) is 11.0 Å². The van der Waals surface area contributed by atoms with E-state index in [0.29, 0.717) is 39.1 Å². The summed E-state index contributed by atoms with van der Waals surface area (Å²) in [6.07, 6.45) is 3.59. The summed E-state index contributed by atoms with van der Waals surface area (Å²) >= 11 is 0. The van der Waals surface area contributed by atoms with Crippen molar-refractivity contribution < 1.29 is 23.9 Å². The van der Waals surface area contributed by atoms with Crippen LogP contribution in [0.4, 0.5) is 4.79 Å². The van der Waals surface area contributed by atoms with E-state index in [9.17, 15) is 14.4 Å². The second-order valence-electron chi connectivity index (χ2n) is 9.59. The van der Waals surface area contributed by atoms with E-state index in [1.54, 1.807) is 36.9 Å². The third kappa shape index (κ3) is 7.55. The average molecular weight is 473 g/mol. The van der Waals surface area contributed by atoms with E-state index < -0.39 is 11.7 Å². The van der Waals surface area contributed by atoms with Gasteiger partial charge in [-0.15, -0.1) is 0 Å². The Balaban J connectivity index is 1.33. The second kappa shape index (κ2) is 12.0. The number of hydrogen-bond donors (Lipinski definition) is 1. The minimum Gasteiger partial charge on any atom is -0.444 e. The Morgan fingerprint density at radius 3 is 2.47 bits per heavy atom. The molecular formula is C25H36N4O5. The molecule has 9 nitrogen and oxygen atoms in total. The number of hydrazone groups is 1. The first-order valence-corrected chi connectivity index (χ1v) is 12.0. The van der Waals surface area contributed by atoms with E-state index >= 15 is 0 Å². The molecule has 9 heteroatoms.